The van der Waals surface area contributed by atoms with Crippen LogP contribution in [0.1, 0.15) is 5.56 Å². The Morgan fingerprint density at radius 2 is 2.06 bits per heavy atom. The summed E-state index contributed by atoms with van der Waals surface area (Å²) >= 11 is 0. The van der Waals surface area contributed by atoms with Crippen LogP contribution in [0.3, 0.4) is 0 Å². The summed E-state index contributed by atoms with van der Waals surface area (Å²) in [4.78, 5) is -0.397. The molecular weight excluding hydrogens is 235 g/mol. The molecule has 0 heterocycles. The lowest BCUT2D eigenvalue weighted by molar-refractivity contribution is 0.295. The highest BCUT2D eigenvalue weighted by Gasteiger charge is 2.20. The van der Waals surface area contributed by atoms with E-state index in [-0.39, 0.29) is 18.8 Å². The van der Waals surface area contributed by atoms with Gasteiger partial charge in [-0.05, 0) is 18.1 Å². The van der Waals surface area contributed by atoms with Gasteiger partial charge >= 0.3 is 0 Å². The van der Waals surface area contributed by atoms with Crippen LogP contribution in [0.2, 0.25) is 0 Å². The number of hydrogen-bond acceptors (Lipinski definition) is 4. The second-order valence-corrected chi connectivity index (χ2v) is 5.30. The van der Waals surface area contributed by atoms with Crippen LogP contribution in [-0.4, -0.2) is 33.5 Å². The first-order valence-electron chi connectivity index (χ1n) is 4.58. The van der Waals surface area contributed by atoms with Crippen LogP contribution in [0.4, 0.5) is 4.39 Å². The second kappa shape index (κ2) is 4.80. The number of methoxy groups -OCH3 is 1. The van der Waals surface area contributed by atoms with Crippen LogP contribution in [0.25, 0.3) is 0 Å². The number of hydrogen-bond donors (Lipinski definition) is 1. The summed E-state index contributed by atoms with van der Waals surface area (Å²) in [6.07, 6.45) is 1.14. The maximum atomic E-state index is 13.8. The van der Waals surface area contributed by atoms with Gasteiger partial charge in [0.15, 0.2) is 21.4 Å². The molecule has 1 aromatic carbocycles. The molecule has 0 bridgehead atoms. The molecule has 6 heteroatoms. The minimum Gasteiger partial charge on any atom is -0.493 e. The summed E-state index contributed by atoms with van der Waals surface area (Å²) in [6.45, 7) is -0.159. The van der Waals surface area contributed by atoms with Gasteiger partial charge in [0.25, 0.3) is 0 Å². The van der Waals surface area contributed by atoms with E-state index in [1.807, 2.05) is 0 Å². The Bertz CT molecular complexity index is 482. The van der Waals surface area contributed by atoms with Gasteiger partial charge < -0.3 is 9.84 Å². The molecule has 0 aliphatic carbocycles. The van der Waals surface area contributed by atoms with Gasteiger partial charge in [-0.15, -0.1) is 0 Å². The molecule has 1 rings (SSSR count). The van der Waals surface area contributed by atoms with Crippen LogP contribution in [0.15, 0.2) is 17.0 Å². The Labute approximate surface area is 93.6 Å². The molecule has 0 saturated heterocycles. The normalized spacial score (nSPS) is 11.5. The van der Waals surface area contributed by atoms with E-state index in [0.29, 0.717) is 5.56 Å². The molecule has 90 valence electrons. The smallest absolute Gasteiger partial charge is 0.183 e. The van der Waals surface area contributed by atoms with Crippen molar-refractivity contribution in [3.05, 3.63) is 23.5 Å². The first-order chi connectivity index (χ1) is 7.41. The topological polar surface area (TPSA) is 63.6 Å². The van der Waals surface area contributed by atoms with Crippen LogP contribution in [0.5, 0.6) is 5.75 Å². The van der Waals surface area contributed by atoms with Crippen molar-refractivity contribution in [3.63, 3.8) is 0 Å². The van der Waals surface area contributed by atoms with E-state index in [9.17, 15) is 12.8 Å². The lowest BCUT2D eigenvalue weighted by Crippen LogP contribution is -2.05. The zero-order valence-electron chi connectivity index (χ0n) is 9.03. The summed E-state index contributed by atoms with van der Waals surface area (Å²) in [7, 11) is -2.36. The molecule has 0 radical (unpaired) electrons. The van der Waals surface area contributed by atoms with Crippen molar-refractivity contribution in [3.8, 4) is 5.75 Å². The number of benzene rings is 1. The number of aliphatic hydroxyl groups excluding tert-OH is 1. The van der Waals surface area contributed by atoms with Gasteiger partial charge in [-0.25, -0.2) is 12.8 Å². The lowest BCUT2D eigenvalue weighted by atomic mass is 10.1. The highest BCUT2D eigenvalue weighted by atomic mass is 32.2. The lowest BCUT2D eigenvalue weighted by Gasteiger charge is -2.10. The van der Waals surface area contributed by atoms with Crippen LogP contribution in [0, 0.1) is 5.82 Å². The Morgan fingerprint density at radius 1 is 1.44 bits per heavy atom. The van der Waals surface area contributed by atoms with E-state index in [0.717, 1.165) is 6.26 Å². The number of halogens is 1. The van der Waals surface area contributed by atoms with Gasteiger partial charge in [0.2, 0.25) is 0 Å². The van der Waals surface area contributed by atoms with Gasteiger partial charge in [-0.1, -0.05) is 6.07 Å². The zero-order chi connectivity index (χ0) is 12.3. The predicted molar refractivity (Wildman–Crippen MR) is 56.9 cm³/mol. The molecule has 0 aliphatic rings. The summed E-state index contributed by atoms with van der Waals surface area (Å²) in [5, 5.41) is 8.76. The van der Waals surface area contributed by atoms with E-state index >= 15 is 0 Å². The molecule has 1 N–H and O–H groups in total. The third-order valence-corrected chi connectivity index (χ3v) is 3.24. The SMILES string of the molecule is COc1c(CCO)ccc(S(C)(=O)=O)c1F. The zero-order valence-corrected chi connectivity index (χ0v) is 9.84. The summed E-state index contributed by atoms with van der Waals surface area (Å²) in [5.74, 6) is -1.03. The quantitative estimate of drug-likeness (QED) is 0.855. The molecular formula is C10H13FO4S. The van der Waals surface area contributed by atoms with E-state index in [1.54, 1.807) is 0 Å². The highest BCUT2D eigenvalue weighted by molar-refractivity contribution is 7.90. The van der Waals surface area contributed by atoms with Gasteiger partial charge in [0.05, 0.1) is 7.11 Å². The van der Waals surface area contributed by atoms with Crippen molar-refractivity contribution in [1.82, 2.24) is 0 Å². The highest BCUT2D eigenvalue weighted by Crippen LogP contribution is 2.28. The molecule has 0 saturated carbocycles. The van der Waals surface area contributed by atoms with Crippen molar-refractivity contribution >= 4 is 9.84 Å². The van der Waals surface area contributed by atoms with E-state index in [4.69, 9.17) is 9.84 Å². The van der Waals surface area contributed by atoms with Crippen molar-refractivity contribution in [2.24, 2.45) is 0 Å². The summed E-state index contributed by atoms with van der Waals surface area (Å²) in [5.41, 5.74) is 0.440. The molecule has 0 spiro atoms. The Kier molecular flexibility index (Phi) is 3.88. The van der Waals surface area contributed by atoms with E-state index < -0.39 is 20.5 Å². The largest absolute Gasteiger partial charge is 0.493 e. The van der Waals surface area contributed by atoms with Crippen molar-refractivity contribution < 1.29 is 22.7 Å². The average Bonchev–Trinajstić information content (AvgIpc) is 2.16. The van der Waals surface area contributed by atoms with Crippen LogP contribution >= 0.6 is 0 Å². The van der Waals surface area contributed by atoms with E-state index in [2.05, 4.69) is 0 Å². The molecule has 0 aliphatic heterocycles. The fourth-order valence-electron chi connectivity index (χ4n) is 1.40. The number of rotatable bonds is 4. The molecule has 0 fully saturated rings. The molecule has 0 unspecified atom stereocenters. The van der Waals surface area contributed by atoms with E-state index in [1.165, 1.54) is 19.2 Å². The molecule has 0 amide bonds. The van der Waals surface area contributed by atoms with Crippen molar-refractivity contribution in [1.29, 1.82) is 0 Å². The standard InChI is InChI=1S/C10H13FO4S/c1-15-10-7(5-6-12)3-4-8(9(10)11)16(2,13)14/h3-4,12H,5-6H2,1-2H3. The predicted octanol–water partition coefficient (Wildman–Crippen LogP) is 0.773. The van der Waals surface area contributed by atoms with Gasteiger partial charge in [-0.2, -0.15) is 0 Å². The molecule has 0 aromatic heterocycles. The van der Waals surface area contributed by atoms with Gasteiger partial charge in [0, 0.05) is 12.9 Å². The third kappa shape index (κ3) is 2.51. The first-order valence-corrected chi connectivity index (χ1v) is 6.47. The van der Waals surface area contributed by atoms with Crippen LogP contribution < -0.4 is 4.74 Å². The minimum atomic E-state index is -3.62. The summed E-state index contributed by atoms with van der Waals surface area (Å²) < 4.78 is 41.1. The summed E-state index contributed by atoms with van der Waals surface area (Å²) in [6, 6.07) is 2.62. The minimum absolute atomic E-state index is 0.128. The third-order valence-electron chi connectivity index (χ3n) is 2.13. The molecule has 16 heavy (non-hydrogen) atoms. The van der Waals surface area contributed by atoms with Gasteiger partial charge in [0.1, 0.15) is 4.90 Å². The van der Waals surface area contributed by atoms with Crippen LogP contribution in [-0.2, 0) is 16.3 Å². The number of aliphatic hydroxyl groups is 1. The molecule has 1 aromatic rings. The van der Waals surface area contributed by atoms with Gasteiger partial charge in [-0.3, -0.25) is 0 Å². The van der Waals surface area contributed by atoms with Crippen molar-refractivity contribution in [2.75, 3.05) is 20.0 Å². The fourth-order valence-corrected chi connectivity index (χ4v) is 2.14. The Hall–Kier alpha value is -1.14. The maximum absolute atomic E-state index is 13.8. The van der Waals surface area contributed by atoms with Crippen molar-refractivity contribution in [2.45, 2.75) is 11.3 Å². The number of ether oxygens (including phenoxy) is 1. The first kappa shape index (κ1) is 12.9. The molecule has 0 atom stereocenters. The Morgan fingerprint density at radius 3 is 2.50 bits per heavy atom. The fraction of sp³-hybridized carbons (Fsp3) is 0.400. The molecule has 4 nitrogen and oxygen atoms in total. The Balaban J connectivity index is 3.40. The maximum Gasteiger partial charge on any atom is 0.183 e. The monoisotopic (exact) mass is 248 g/mol. The second-order valence-electron chi connectivity index (χ2n) is 3.32. The number of sulfone groups is 1. The average molecular weight is 248 g/mol.